The zero-order chi connectivity index (χ0) is 7.56. The minimum absolute atomic E-state index is 0.464. The summed E-state index contributed by atoms with van der Waals surface area (Å²) in [5, 5.41) is 8.47. The van der Waals surface area contributed by atoms with Crippen LogP contribution in [0.3, 0.4) is 0 Å². The molecule has 0 aromatic heterocycles. The van der Waals surface area contributed by atoms with E-state index in [0.29, 0.717) is 6.67 Å². The molecule has 0 aliphatic carbocycles. The van der Waals surface area contributed by atoms with Crippen LogP contribution in [0.1, 0.15) is 6.92 Å². The van der Waals surface area contributed by atoms with E-state index in [9.17, 15) is 4.79 Å². The van der Waals surface area contributed by atoms with Crippen molar-refractivity contribution in [3.63, 3.8) is 0 Å². The Morgan fingerprint density at radius 2 is 2.40 bits per heavy atom. The Kier molecular flexibility index (Phi) is 1.80. The SMILES string of the molecule is CCN1C=CN(C(=O)O)C1. The summed E-state index contributed by atoms with van der Waals surface area (Å²) < 4.78 is 0. The zero-order valence-electron chi connectivity index (χ0n) is 5.82. The first-order valence-corrected chi connectivity index (χ1v) is 3.16. The van der Waals surface area contributed by atoms with E-state index in [1.165, 1.54) is 4.90 Å². The molecule has 10 heavy (non-hydrogen) atoms. The number of amides is 1. The van der Waals surface area contributed by atoms with Crippen molar-refractivity contribution < 1.29 is 9.90 Å². The minimum Gasteiger partial charge on any atom is -0.465 e. The molecule has 0 aromatic rings. The van der Waals surface area contributed by atoms with Gasteiger partial charge in [0.15, 0.2) is 0 Å². The van der Waals surface area contributed by atoms with E-state index in [2.05, 4.69) is 0 Å². The summed E-state index contributed by atoms with van der Waals surface area (Å²) in [5.74, 6) is 0. The van der Waals surface area contributed by atoms with Crippen LogP contribution in [0.25, 0.3) is 0 Å². The molecule has 56 valence electrons. The molecule has 0 unspecified atom stereocenters. The largest absolute Gasteiger partial charge is 0.465 e. The van der Waals surface area contributed by atoms with Crippen LogP contribution in [0.5, 0.6) is 0 Å². The fourth-order valence-electron chi connectivity index (χ4n) is 0.794. The Morgan fingerprint density at radius 3 is 2.70 bits per heavy atom. The van der Waals surface area contributed by atoms with Gasteiger partial charge in [0.1, 0.15) is 6.67 Å². The van der Waals surface area contributed by atoms with E-state index in [1.54, 1.807) is 12.4 Å². The van der Waals surface area contributed by atoms with Gasteiger partial charge in [0.05, 0.1) is 0 Å². The van der Waals surface area contributed by atoms with Gasteiger partial charge >= 0.3 is 6.09 Å². The van der Waals surface area contributed by atoms with Gasteiger partial charge < -0.3 is 10.0 Å². The van der Waals surface area contributed by atoms with Crippen LogP contribution in [0, 0.1) is 0 Å². The van der Waals surface area contributed by atoms with Crippen molar-refractivity contribution in [1.29, 1.82) is 0 Å². The Balaban J connectivity index is 2.45. The van der Waals surface area contributed by atoms with Crippen molar-refractivity contribution in [2.75, 3.05) is 13.2 Å². The van der Waals surface area contributed by atoms with Gasteiger partial charge in [0, 0.05) is 18.9 Å². The van der Waals surface area contributed by atoms with Gasteiger partial charge in [0.2, 0.25) is 0 Å². The topological polar surface area (TPSA) is 43.8 Å². The molecular formula is C6H10N2O2. The zero-order valence-corrected chi connectivity index (χ0v) is 5.82. The molecule has 1 aliphatic heterocycles. The summed E-state index contributed by atoms with van der Waals surface area (Å²) in [5.41, 5.74) is 0. The van der Waals surface area contributed by atoms with Gasteiger partial charge in [0.25, 0.3) is 0 Å². The highest BCUT2D eigenvalue weighted by Gasteiger charge is 2.15. The summed E-state index contributed by atoms with van der Waals surface area (Å²) >= 11 is 0. The maximum Gasteiger partial charge on any atom is 0.412 e. The highest BCUT2D eigenvalue weighted by molar-refractivity contribution is 5.66. The molecule has 0 fully saturated rings. The second-order valence-corrected chi connectivity index (χ2v) is 2.10. The quantitative estimate of drug-likeness (QED) is 0.587. The van der Waals surface area contributed by atoms with Crippen molar-refractivity contribution in [2.45, 2.75) is 6.92 Å². The van der Waals surface area contributed by atoms with Crippen LogP contribution in [0.4, 0.5) is 4.79 Å². The Hall–Kier alpha value is -1.19. The maximum atomic E-state index is 10.3. The lowest BCUT2D eigenvalue weighted by atomic mass is 10.6. The molecule has 0 aromatic carbocycles. The van der Waals surface area contributed by atoms with Crippen LogP contribution < -0.4 is 0 Å². The molecule has 0 saturated heterocycles. The van der Waals surface area contributed by atoms with Crippen LogP contribution >= 0.6 is 0 Å². The third-order valence-corrected chi connectivity index (χ3v) is 1.44. The molecule has 4 heteroatoms. The molecule has 0 atom stereocenters. The van der Waals surface area contributed by atoms with Gasteiger partial charge in [-0.25, -0.2) is 4.79 Å². The monoisotopic (exact) mass is 142 g/mol. The van der Waals surface area contributed by atoms with Crippen LogP contribution in [-0.2, 0) is 0 Å². The summed E-state index contributed by atoms with van der Waals surface area (Å²) in [7, 11) is 0. The van der Waals surface area contributed by atoms with Gasteiger partial charge in [-0.2, -0.15) is 0 Å². The van der Waals surface area contributed by atoms with E-state index in [0.717, 1.165) is 6.54 Å². The van der Waals surface area contributed by atoms with Crippen molar-refractivity contribution >= 4 is 6.09 Å². The van der Waals surface area contributed by atoms with Crippen molar-refractivity contribution in [2.24, 2.45) is 0 Å². The molecule has 0 saturated carbocycles. The standard InChI is InChI=1S/C6H10N2O2/c1-2-7-3-4-8(5-7)6(9)10/h3-4H,2,5H2,1H3,(H,9,10). The second kappa shape index (κ2) is 2.60. The van der Waals surface area contributed by atoms with Crippen molar-refractivity contribution in [3.05, 3.63) is 12.4 Å². The van der Waals surface area contributed by atoms with E-state index in [1.807, 2.05) is 11.8 Å². The fourth-order valence-corrected chi connectivity index (χ4v) is 0.794. The van der Waals surface area contributed by atoms with Crippen LogP contribution in [-0.4, -0.2) is 34.2 Å². The molecular weight excluding hydrogens is 132 g/mol. The third-order valence-electron chi connectivity index (χ3n) is 1.44. The van der Waals surface area contributed by atoms with Gasteiger partial charge in [-0.05, 0) is 6.92 Å². The lowest BCUT2D eigenvalue weighted by Gasteiger charge is -2.14. The lowest BCUT2D eigenvalue weighted by molar-refractivity contribution is 0.154. The normalized spacial score (nSPS) is 16.5. The van der Waals surface area contributed by atoms with Gasteiger partial charge in [-0.15, -0.1) is 0 Å². The first kappa shape index (κ1) is 6.92. The number of carboxylic acid groups (broad SMARTS) is 1. The number of carbonyl (C=O) groups is 1. The van der Waals surface area contributed by atoms with E-state index in [-0.39, 0.29) is 0 Å². The summed E-state index contributed by atoms with van der Waals surface area (Å²) in [6.07, 6.45) is 2.44. The van der Waals surface area contributed by atoms with Crippen LogP contribution in [0.15, 0.2) is 12.4 Å². The van der Waals surface area contributed by atoms with Gasteiger partial charge in [-0.1, -0.05) is 0 Å². The van der Waals surface area contributed by atoms with E-state index < -0.39 is 6.09 Å². The molecule has 4 nitrogen and oxygen atoms in total. The van der Waals surface area contributed by atoms with Crippen molar-refractivity contribution in [1.82, 2.24) is 9.80 Å². The molecule has 1 aliphatic rings. The Bertz CT molecular complexity index is 167. The third kappa shape index (κ3) is 1.21. The number of nitrogens with zero attached hydrogens (tertiary/aromatic N) is 2. The molecule has 0 spiro atoms. The second-order valence-electron chi connectivity index (χ2n) is 2.10. The van der Waals surface area contributed by atoms with E-state index >= 15 is 0 Å². The molecule has 1 N–H and O–H groups in total. The van der Waals surface area contributed by atoms with Crippen molar-refractivity contribution in [3.8, 4) is 0 Å². The Labute approximate surface area is 59.3 Å². The minimum atomic E-state index is -0.896. The smallest absolute Gasteiger partial charge is 0.412 e. The summed E-state index contributed by atoms with van der Waals surface area (Å²) in [6.45, 7) is 3.29. The summed E-state index contributed by atoms with van der Waals surface area (Å²) in [6, 6.07) is 0. The maximum absolute atomic E-state index is 10.3. The first-order chi connectivity index (χ1) is 4.74. The predicted molar refractivity (Wildman–Crippen MR) is 36.3 cm³/mol. The van der Waals surface area contributed by atoms with Gasteiger partial charge in [-0.3, -0.25) is 4.90 Å². The summed E-state index contributed by atoms with van der Waals surface area (Å²) in [4.78, 5) is 13.5. The molecule has 0 radical (unpaired) electrons. The predicted octanol–water partition coefficient (Wildman–Crippen LogP) is 0.731. The lowest BCUT2D eigenvalue weighted by Crippen LogP contribution is -2.28. The average Bonchev–Trinajstić information content (AvgIpc) is 2.34. The molecule has 0 bridgehead atoms. The average molecular weight is 142 g/mol. The highest BCUT2D eigenvalue weighted by Crippen LogP contribution is 2.04. The van der Waals surface area contributed by atoms with E-state index in [4.69, 9.17) is 5.11 Å². The molecule has 1 rings (SSSR count). The highest BCUT2D eigenvalue weighted by atomic mass is 16.4. The number of hydrogen-bond donors (Lipinski definition) is 1. The van der Waals surface area contributed by atoms with Crippen LogP contribution in [0.2, 0.25) is 0 Å². The fraction of sp³-hybridized carbons (Fsp3) is 0.500. The first-order valence-electron chi connectivity index (χ1n) is 3.16. The molecule has 1 heterocycles. The Morgan fingerprint density at radius 1 is 1.70 bits per heavy atom. The number of hydrogen-bond acceptors (Lipinski definition) is 2. The molecule has 1 amide bonds. The number of rotatable bonds is 1.